The van der Waals surface area contributed by atoms with Gasteiger partial charge in [0.2, 0.25) is 5.91 Å². The van der Waals surface area contributed by atoms with Crippen LogP contribution in [0.2, 0.25) is 0 Å². The van der Waals surface area contributed by atoms with Gasteiger partial charge in [0.25, 0.3) is 0 Å². The Labute approximate surface area is 119 Å². The zero-order valence-electron chi connectivity index (χ0n) is 10.8. The van der Waals surface area contributed by atoms with Crippen molar-refractivity contribution in [1.29, 1.82) is 0 Å². The van der Waals surface area contributed by atoms with Crippen molar-refractivity contribution in [2.45, 2.75) is 38.5 Å². The highest BCUT2D eigenvalue weighted by molar-refractivity contribution is 6.32. The number of nitrogens with one attached hydrogen (secondary N) is 1. The SMILES string of the molecule is Cc1cccc(C)c1NC(=O)[C@@H](Cl)CCCCCl. The van der Waals surface area contributed by atoms with E-state index >= 15 is 0 Å². The molecule has 2 nitrogen and oxygen atoms in total. The number of unbranched alkanes of at least 4 members (excludes halogenated alkanes) is 1. The smallest absolute Gasteiger partial charge is 0.242 e. The topological polar surface area (TPSA) is 29.1 Å². The summed E-state index contributed by atoms with van der Waals surface area (Å²) in [4.78, 5) is 11.9. The Morgan fingerprint density at radius 1 is 1.28 bits per heavy atom. The van der Waals surface area contributed by atoms with Crippen molar-refractivity contribution in [2.75, 3.05) is 11.2 Å². The average Bonchev–Trinajstić information content (AvgIpc) is 2.34. The Morgan fingerprint density at radius 3 is 2.44 bits per heavy atom. The molecule has 18 heavy (non-hydrogen) atoms. The van der Waals surface area contributed by atoms with Gasteiger partial charge in [-0.25, -0.2) is 0 Å². The van der Waals surface area contributed by atoms with Crippen LogP contribution in [0.5, 0.6) is 0 Å². The van der Waals surface area contributed by atoms with E-state index in [2.05, 4.69) is 5.32 Å². The molecule has 0 spiro atoms. The number of alkyl halides is 2. The number of amides is 1. The first-order chi connectivity index (χ1) is 8.56. The molecule has 0 saturated carbocycles. The van der Waals surface area contributed by atoms with Crippen LogP contribution in [0.1, 0.15) is 30.4 Å². The average molecular weight is 288 g/mol. The minimum atomic E-state index is -0.493. The summed E-state index contributed by atoms with van der Waals surface area (Å²) in [6, 6.07) is 5.91. The zero-order chi connectivity index (χ0) is 13.5. The number of carbonyl (C=O) groups is 1. The minimum Gasteiger partial charge on any atom is -0.324 e. The van der Waals surface area contributed by atoms with Gasteiger partial charge in [-0.15, -0.1) is 23.2 Å². The van der Waals surface area contributed by atoms with E-state index in [0.717, 1.165) is 29.7 Å². The van der Waals surface area contributed by atoms with Crippen molar-refractivity contribution < 1.29 is 4.79 Å². The van der Waals surface area contributed by atoms with Crippen molar-refractivity contribution >= 4 is 34.8 Å². The molecule has 1 N–H and O–H groups in total. The van der Waals surface area contributed by atoms with Crippen LogP contribution in [-0.4, -0.2) is 17.2 Å². The van der Waals surface area contributed by atoms with E-state index in [-0.39, 0.29) is 5.91 Å². The standard InChI is InChI=1S/C14H19Cl2NO/c1-10-6-5-7-11(2)13(10)17-14(18)12(16)8-3-4-9-15/h5-7,12H,3-4,8-9H2,1-2H3,(H,17,18)/t12-/m0/s1. The normalized spacial score (nSPS) is 12.2. The summed E-state index contributed by atoms with van der Waals surface area (Å²) in [5.41, 5.74) is 2.96. The van der Waals surface area contributed by atoms with Crippen molar-refractivity contribution in [3.63, 3.8) is 0 Å². The van der Waals surface area contributed by atoms with Crippen LogP contribution in [0.25, 0.3) is 0 Å². The molecular formula is C14H19Cl2NO. The van der Waals surface area contributed by atoms with E-state index in [0.29, 0.717) is 12.3 Å². The molecule has 0 heterocycles. The fourth-order valence-corrected chi connectivity index (χ4v) is 2.16. The van der Waals surface area contributed by atoms with Crippen LogP contribution < -0.4 is 5.32 Å². The maximum absolute atomic E-state index is 11.9. The largest absolute Gasteiger partial charge is 0.324 e. The predicted molar refractivity (Wildman–Crippen MR) is 78.8 cm³/mol. The zero-order valence-corrected chi connectivity index (χ0v) is 12.3. The first kappa shape index (κ1) is 15.3. The van der Waals surface area contributed by atoms with Gasteiger partial charge in [0.1, 0.15) is 5.38 Å². The molecule has 1 rings (SSSR count). The van der Waals surface area contributed by atoms with Gasteiger partial charge >= 0.3 is 0 Å². The van der Waals surface area contributed by atoms with E-state index < -0.39 is 5.38 Å². The molecule has 0 aromatic heterocycles. The van der Waals surface area contributed by atoms with Crippen molar-refractivity contribution in [3.05, 3.63) is 29.3 Å². The van der Waals surface area contributed by atoms with Crippen LogP contribution in [-0.2, 0) is 4.79 Å². The first-order valence-electron chi connectivity index (χ1n) is 6.13. The van der Waals surface area contributed by atoms with E-state index in [9.17, 15) is 4.79 Å². The highest BCUT2D eigenvalue weighted by atomic mass is 35.5. The van der Waals surface area contributed by atoms with Crippen LogP contribution in [0.4, 0.5) is 5.69 Å². The Bertz CT molecular complexity index is 387. The summed E-state index contributed by atoms with van der Waals surface area (Å²) in [5, 5.41) is 2.41. The minimum absolute atomic E-state index is 0.136. The first-order valence-corrected chi connectivity index (χ1v) is 7.10. The van der Waals surface area contributed by atoms with Gasteiger partial charge in [-0.05, 0) is 37.8 Å². The quantitative estimate of drug-likeness (QED) is 0.615. The molecule has 1 aromatic rings. The third-order valence-electron chi connectivity index (χ3n) is 2.86. The van der Waals surface area contributed by atoms with E-state index in [4.69, 9.17) is 23.2 Å². The summed E-state index contributed by atoms with van der Waals surface area (Å²) < 4.78 is 0. The molecule has 0 fully saturated rings. The van der Waals surface area contributed by atoms with Crippen molar-refractivity contribution in [3.8, 4) is 0 Å². The van der Waals surface area contributed by atoms with Crippen LogP contribution >= 0.6 is 23.2 Å². The Kier molecular flexibility index (Phi) is 6.51. The number of rotatable bonds is 6. The summed E-state index contributed by atoms with van der Waals surface area (Å²) in [5.74, 6) is 0.478. The van der Waals surface area contributed by atoms with Gasteiger partial charge in [-0.1, -0.05) is 24.6 Å². The second kappa shape index (κ2) is 7.65. The fraction of sp³-hybridized carbons (Fsp3) is 0.500. The van der Waals surface area contributed by atoms with Gasteiger partial charge in [0.15, 0.2) is 0 Å². The van der Waals surface area contributed by atoms with Gasteiger partial charge < -0.3 is 5.32 Å². The number of anilines is 1. The van der Waals surface area contributed by atoms with Gasteiger partial charge in [0, 0.05) is 11.6 Å². The molecule has 4 heteroatoms. The molecule has 1 amide bonds. The van der Waals surface area contributed by atoms with Crippen LogP contribution in [0.15, 0.2) is 18.2 Å². The molecule has 1 aromatic carbocycles. The summed E-state index contributed by atoms with van der Waals surface area (Å²) in [6.07, 6.45) is 2.42. The van der Waals surface area contributed by atoms with Gasteiger partial charge in [-0.2, -0.15) is 0 Å². The number of hydrogen-bond acceptors (Lipinski definition) is 1. The van der Waals surface area contributed by atoms with E-state index in [1.807, 2.05) is 32.0 Å². The Morgan fingerprint density at radius 2 is 1.89 bits per heavy atom. The number of halogens is 2. The number of hydrogen-bond donors (Lipinski definition) is 1. The predicted octanol–water partition coefficient (Wildman–Crippen LogP) is 4.26. The molecule has 0 aliphatic carbocycles. The number of aryl methyl sites for hydroxylation is 2. The Hall–Kier alpha value is -0.730. The molecule has 1 atom stereocenters. The summed E-state index contributed by atoms with van der Waals surface area (Å²) in [7, 11) is 0. The molecular weight excluding hydrogens is 269 g/mol. The molecule has 0 aliphatic heterocycles. The highest BCUT2D eigenvalue weighted by Gasteiger charge is 2.16. The van der Waals surface area contributed by atoms with Crippen LogP contribution in [0.3, 0.4) is 0 Å². The molecule has 0 unspecified atom stereocenters. The van der Waals surface area contributed by atoms with E-state index in [1.54, 1.807) is 0 Å². The van der Waals surface area contributed by atoms with Gasteiger partial charge in [0.05, 0.1) is 0 Å². The molecule has 0 saturated heterocycles. The molecule has 0 bridgehead atoms. The lowest BCUT2D eigenvalue weighted by Gasteiger charge is -2.14. The van der Waals surface area contributed by atoms with E-state index in [1.165, 1.54) is 0 Å². The number of benzene rings is 1. The summed E-state index contributed by atoms with van der Waals surface area (Å²) in [6.45, 7) is 3.94. The third-order valence-corrected chi connectivity index (χ3v) is 3.54. The number of para-hydroxylation sites is 1. The molecule has 100 valence electrons. The lowest BCUT2D eigenvalue weighted by molar-refractivity contribution is -0.116. The Balaban J connectivity index is 2.58. The second-order valence-corrected chi connectivity index (χ2v) is 5.31. The van der Waals surface area contributed by atoms with Crippen molar-refractivity contribution in [1.82, 2.24) is 0 Å². The maximum Gasteiger partial charge on any atom is 0.242 e. The summed E-state index contributed by atoms with van der Waals surface area (Å²) >= 11 is 11.7. The molecule has 0 aliphatic rings. The highest BCUT2D eigenvalue weighted by Crippen LogP contribution is 2.21. The second-order valence-electron chi connectivity index (χ2n) is 4.41. The maximum atomic E-state index is 11.9. The number of carbonyl (C=O) groups excluding carboxylic acids is 1. The molecule has 0 radical (unpaired) electrons. The van der Waals surface area contributed by atoms with Crippen molar-refractivity contribution in [2.24, 2.45) is 0 Å². The van der Waals surface area contributed by atoms with Crippen LogP contribution in [0, 0.1) is 13.8 Å². The van der Waals surface area contributed by atoms with Gasteiger partial charge in [-0.3, -0.25) is 4.79 Å². The third kappa shape index (κ3) is 4.51. The monoisotopic (exact) mass is 287 g/mol. The lowest BCUT2D eigenvalue weighted by atomic mass is 10.1. The fourth-order valence-electron chi connectivity index (χ4n) is 1.76. The lowest BCUT2D eigenvalue weighted by Crippen LogP contribution is -2.24.